The lowest BCUT2D eigenvalue weighted by Gasteiger charge is -2.29. The Kier molecular flexibility index (Phi) is 3.65. The fraction of sp³-hybridized carbons (Fsp3) is 0.500. The molecule has 0 aromatic carbocycles. The number of hydrogen-bond donors (Lipinski definition) is 2. The van der Waals surface area contributed by atoms with Crippen LogP contribution in [0.4, 0.5) is 0 Å². The highest BCUT2D eigenvalue weighted by molar-refractivity contribution is 5.90. The molecule has 2 aromatic heterocycles. The molecule has 0 aliphatic heterocycles. The van der Waals surface area contributed by atoms with Crippen LogP contribution in [-0.2, 0) is 9.47 Å². The smallest absolute Gasteiger partial charge is 0.340 e. The fourth-order valence-corrected chi connectivity index (χ4v) is 5.54. The van der Waals surface area contributed by atoms with E-state index in [1.807, 2.05) is 0 Å². The summed E-state index contributed by atoms with van der Waals surface area (Å²) in [5.41, 5.74) is 1.01. The van der Waals surface area contributed by atoms with E-state index >= 15 is 0 Å². The first-order valence-corrected chi connectivity index (χ1v) is 9.38. The third-order valence-corrected chi connectivity index (χ3v) is 6.58. The molecular formula is C20H22N2O4. The van der Waals surface area contributed by atoms with E-state index in [1.165, 1.54) is 19.3 Å². The number of esters is 2. The monoisotopic (exact) mass is 354 g/mol. The van der Waals surface area contributed by atoms with Crippen LogP contribution in [0.5, 0.6) is 0 Å². The second kappa shape index (κ2) is 6.04. The SMILES string of the molecule is O=C(OC1CC2C3CCC(C3)C2C1OC(=O)c1cc[nH]c1)c1cc[nH]c1. The van der Waals surface area contributed by atoms with E-state index in [2.05, 4.69) is 9.97 Å². The van der Waals surface area contributed by atoms with E-state index in [0.29, 0.717) is 34.8 Å². The highest BCUT2D eigenvalue weighted by atomic mass is 16.6. The molecule has 3 saturated carbocycles. The molecular weight excluding hydrogens is 332 g/mol. The van der Waals surface area contributed by atoms with E-state index < -0.39 is 0 Å². The lowest BCUT2D eigenvalue weighted by Crippen LogP contribution is -2.37. The van der Waals surface area contributed by atoms with E-state index in [9.17, 15) is 9.59 Å². The number of aromatic amines is 2. The first kappa shape index (κ1) is 15.7. The molecule has 5 rings (SSSR count). The zero-order valence-electron chi connectivity index (χ0n) is 14.4. The average Bonchev–Trinajstić information content (AvgIpc) is 3.42. The molecule has 3 aliphatic rings. The topological polar surface area (TPSA) is 84.2 Å². The number of carbonyl (C=O) groups is 2. The van der Waals surface area contributed by atoms with Gasteiger partial charge in [-0.15, -0.1) is 0 Å². The number of rotatable bonds is 4. The Balaban J connectivity index is 1.37. The maximum atomic E-state index is 12.5. The lowest BCUT2D eigenvalue weighted by molar-refractivity contribution is -0.0416. The molecule has 2 bridgehead atoms. The molecule has 0 spiro atoms. The number of ether oxygens (including phenoxy) is 2. The molecule has 0 amide bonds. The van der Waals surface area contributed by atoms with Crippen molar-refractivity contribution in [2.24, 2.45) is 23.7 Å². The van der Waals surface area contributed by atoms with Crippen molar-refractivity contribution in [2.45, 2.75) is 37.9 Å². The van der Waals surface area contributed by atoms with Crippen molar-refractivity contribution in [3.8, 4) is 0 Å². The zero-order valence-corrected chi connectivity index (χ0v) is 14.4. The predicted molar refractivity (Wildman–Crippen MR) is 92.4 cm³/mol. The largest absolute Gasteiger partial charge is 0.455 e. The highest BCUT2D eigenvalue weighted by Gasteiger charge is 2.59. The van der Waals surface area contributed by atoms with Gasteiger partial charge in [0.15, 0.2) is 0 Å². The van der Waals surface area contributed by atoms with E-state index in [-0.39, 0.29) is 24.1 Å². The van der Waals surface area contributed by atoms with Gasteiger partial charge < -0.3 is 19.4 Å². The zero-order chi connectivity index (χ0) is 17.7. The molecule has 136 valence electrons. The number of H-pyrrole nitrogens is 2. The molecule has 6 unspecified atom stereocenters. The van der Waals surface area contributed by atoms with Crippen LogP contribution >= 0.6 is 0 Å². The van der Waals surface area contributed by atoms with Crippen LogP contribution in [0.1, 0.15) is 46.4 Å². The summed E-state index contributed by atoms with van der Waals surface area (Å²) in [6.07, 6.45) is 10.4. The van der Waals surface area contributed by atoms with Gasteiger partial charge in [0, 0.05) is 30.7 Å². The van der Waals surface area contributed by atoms with Crippen LogP contribution in [0.25, 0.3) is 0 Å². The summed E-state index contributed by atoms with van der Waals surface area (Å²) in [5.74, 6) is 1.40. The molecule has 2 aromatic rings. The van der Waals surface area contributed by atoms with Gasteiger partial charge in [-0.3, -0.25) is 0 Å². The molecule has 3 aliphatic carbocycles. The molecule has 2 N–H and O–H groups in total. The lowest BCUT2D eigenvalue weighted by atomic mass is 9.81. The van der Waals surface area contributed by atoms with Crippen LogP contribution in [0.2, 0.25) is 0 Å². The summed E-state index contributed by atoms with van der Waals surface area (Å²) in [7, 11) is 0. The van der Waals surface area contributed by atoms with Crippen molar-refractivity contribution >= 4 is 11.9 Å². The predicted octanol–water partition coefficient (Wildman–Crippen LogP) is 3.16. The first-order valence-electron chi connectivity index (χ1n) is 9.38. The van der Waals surface area contributed by atoms with Gasteiger partial charge in [0.05, 0.1) is 11.1 Å². The van der Waals surface area contributed by atoms with Crippen LogP contribution in [0.15, 0.2) is 36.9 Å². The van der Waals surface area contributed by atoms with Gasteiger partial charge in [-0.25, -0.2) is 9.59 Å². The van der Waals surface area contributed by atoms with Crippen LogP contribution in [-0.4, -0.2) is 34.1 Å². The summed E-state index contributed by atoms with van der Waals surface area (Å²) >= 11 is 0. The minimum atomic E-state index is -0.362. The summed E-state index contributed by atoms with van der Waals surface area (Å²) in [5, 5.41) is 0. The Morgan fingerprint density at radius 3 is 2.19 bits per heavy atom. The van der Waals surface area contributed by atoms with Crippen molar-refractivity contribution in [3.05, 3.63) is 48.0 Å². The number of carbonyl (C=O) groups excluding carboxylic acids is 2. The average molecular weight is 354 g/mol. The molecule has 6 atom stereocenters. The van der Waals surface area contributed by atoms with Gasteiger partial charge in [0.1, 0.15) is 12.2 Å². The molecule has 6 nitrogen and oxygen atoms in total. The maximum absolute atomic E-state index is 12.5. The summed E-state index contributed by atoms with van der Waals surface area (Å²) in [6, 6.07) is 3.40. The Bertz CT molecular complexity index is 798. The van der Waals surface area contributed by atoms with Crippen molar-refractivity contribution in [1.29, 1.82) is 0 Å². The third-order valence-electron chi connectivity index (χ3n) is 6.58. The van der Waals surface area contributed by atoms with Crippen molar-refractivity contribution in [3.63, 3.8) is 0 Å². The Morgan fingerprint density at radius 1 is 0.885 bits per heavy atom. The molecule has 26 heavy (non-hydrogen) atoms. The number of aromatic nitrogens is 2. The van der Waals surface area contributed by atoms with Crippen molar-refractivity contribution < 1.29 is 19.1 Å². The Morgan fingerprint density at radius 2 is 1.54 bits per heavy atom. The molecule has 0 radical (unpaired) electrons. The summed E-state index contributed by atoms with van der Waals surface area (Å²) < 4.78 is 11.7. The minimum absolute atomic E-state index is 0.320. The van der Waals surface area contributed by atoms with Gasteiger partial charge in [-0.05, 0) is 55.6 Å². The van der Waals surface area contributed by atoms with Gasteiger partial charge >= 0.3 is 11.9 Å². The molecule has 6 heteroatoms. The van der Waals surface area contributed by atoms with E-state index in [1.54, 1.807) is 36.9 Å². The van der Waals surface area contributed by atoms with Gasteiger partial charge in [-0.2, -0.15) is 0 Å². The Labute approximate surface area is 151 Å². The fourth-order valence-electron chi connectivity index (χ4n) is 5.54. The minimum Gasteiger partial charge on any atom is -0.455 e. The maximum Gasteiger partial charge on any atom is 0.340 e. The van der Waals surface area contributed by atoms with E-state index in [0.717, 1.165) is 6.42 Å². The normalized spacial score (nSPS) is 34.6. The quantitative estimate of drug-likeness (QED) is 0.826. The molecule has 0 saturated heterocycles. The summed E-state index contributed by atoms with van der Waals surface area (Å²) in [4.78, 5) is 30.7. The first-order chi connectivity index (χ1) is 12.7. The van der Waals surface area contributed by atoms with Gasteiger partial charge in [0.2, 0.25) is 0 Å². The third kappa shape index (κ3) is 2.47. The van der Waals surface area contributed by atoms with Crippen molar-refractivity contribution in [2.75, 3.05) is 0 Å². The highest BCUT2D eigenvalue weighted by Crippen LogP contribution is 2.60. The van der Waals surface area contributed by atoms with E-state index in [4.69, 9.17) is 9.47 Å². The molecule has 3 fully saturated rings. The Hall–Kier alpha value is -2.50. The standard InChI is InChI=1S/C20H22N2O4/c23-19(13-3-5-21-9-13)25-16-8-15-11-1-2-12(7-11)17(15)18(16)26-20(24)14-4-6-22-10-14/h3-6,9-12,15-18,21-22H,1-2,7-8H2. The number of fused-ring (bicyclic) bond motifs is 5. The number of nitrogens with one attached hydrogen (secondary N) is 2. The second-order valence-electron chi connectivity index (χ2n) is 7.82. The van der Waals surface area contributed by atoms with Gasteiger partial charge in [0.25, 0.3) is 0 Å². The number of hydrogen-bond acceptors (Lipinski definition) is 4. The second-order valence-corrected chi connectivity index (χ2v) is 7.82. The molecule has 2 heterocycles. The van der Waals surface area contributed by atoms with Crippen molar-refractivity contribution in [1.82, 2.24) is 9.97 Å². The van der Waals surface area contributed by atoms with Crippen LogP contribution in [0, 0.1) is 23.7 Å². The van der Waals surface area contributed by atoms with Gasteiger partial charge in [-0.1, -0.05) is 0 Å². The van der Waals surface area contributed by atoms with Crippen LogP contribution in [0.3, 0.4) is 0 Å². The van der Waals surface area contributed by atoms with Crippen LogP contribution < -0.4 is 0 Å². The summed E-state index contributed by atoms with van der Waals surface area (Å²) in [6.45, 7) is 0.